The molecule has 1 aromatic carbocycles. The number of allylic oxidation sites excluding steroid dienone is 2. The summed E-state index contributed by atoms with van der Waals surface area (Å²) in [5, 5.41) is 3.73. The first kappa shape index (κ1) is 18.8. The van der Waals surface area contributed by atoms with Crippen LogP contribution in [0.2, 0.25) is 0 Å². The van der Waals surface area contributed by atoms with Crippen molar-refractivity contribution in [1.82, 2.24) is 5.32 Å². The van der Waals surface area contributed by atoms with E-state index < -0.39 is 0 Å². The van der Waals surface area contributed by atoms with E-state index >= 15 is 0 Å². The predicted octanol–water partition coefficient (Wildman–Crippen LogP) is 5.62. The van der Waals surface area contributed by atoms with E-state index in [0.717, 1.165) is 42.0 Å². The summed E-state index contributed by atoms with van der Waals surface area (Å²) < 4.78 is 0. The summed E-state index contributed by atoms with van der Waals surface area (Å²) in [6.45, 7) is 2.98. The second-order valence-electron chi connectivity index (χ2n) is 6.39. The predicted molar refractivity (Wildman–Crippen MR) is 103 cm³/mol. The Labute approximate surface area is 151 Å². The van der Waals surface area contributed by atoms with E-state index in [0.29, 0.717) is 0 Å². The molecule has 1 amide bonds. The molecule has 0 aromatic heterocycles. The summed E-state index contributed by atoms with van der Waals surface area (Å²) in [6.07, 6.45) is 12.7. The van der Waals surface area contributed by atoms with Crippen molar-refractivity contribution in [2.24, 2.45) is 0 Å². The standard InChI is InChI=1S/C21H28ClNO/c1-2-3-4-5-6-9-16-23-20(24)15-14-18-13-12-17-10-7-8-11-19(17)21(18)22/h7-8,10-11,14-15H,2-6,9,12-13,16H2,1H3,(H,23,24)/b15-14+. The Morgan fingerprint density at radius 3 is 2.71 bits per heavy atom. The molecule has 130 valence electrons. The van der Waals surface area contributed by atoms with Crippen molar-refractivity contribution in [1.29, 1.82) is 0 Å². The number of carbonyl (C=O) groups excluding carboxylic acids is 1. The monoisotopic (exact) mass is 345 g/mol. The molecular formula is C21H28ClNO. The lowest BCUT2D eigenvalue weighted by atomic mass is 9.92. The van der Waals surface area contributed by atoms with E-state index in [4.69, 9.17) is 11.6 Å². The van der Waals surface area contributed by atoms with Crippen LogP contribution in [-0.4, -0.2) is 12.5 Å². The van der Waals surface area contributed by atoms with Crippen molar-refractivity contribution in [3.05, 3.63) is 53.1 Å². The first-order valence-electron chi connectivity index (χ1n) is 9.15. The zero-order chi connectivity index (χ0) is 17.2. The summed E-state index contributed by atoms with van der Waals surface area (Å²) >= 11 is 6.48. The van der Waals surface area contributed by atoms with Gasteiger partial charge in [-0.2, -0.15) is 0 Å². The van der Waals surface area contributed by atoms with Gasteiger partial charge in [0, 0.05) is 12.6 Å². The maximum absolute atomic E-state index is 11.9. The van der Waals surface area contributed by atoms with Crippen LogP contribution in [0, 0.1) is 0 Å². The summed E-state index contributed by atoms with van der Waals surface area (Å²) in [7, 11) is 0. The molecule has 2 nitrogen and oxygen atoms in total. The molecule has 1 aromatic rings. The topological polar surface area (TPSA) is 29.1 Å². The molecule has 1 aliphatic carbocycles. The normalized spacial score (nSPS) is 14.1. The number of hydrogen-bond acceptors (Lipinski definition) is 1. The van der Waals surface area contributed by atoms with Gasteiger partial charge < -0.3 is 5.32 Å². The third-order valence-corrected chi connectivity index (χ3v) is 4.91. The molecule has 0 bridgehead atoms. The zero-order valence-electron chi connectivity index (χ0n) is 14.6. The van der Waals surface area contributed by atoms with Crippen LogP contribution in [-0.2, 0) is 11.2 Å². The van der Waals surface area contributed by atoms with Crippen LogP contribution in [0.4, 0.5) is 0 Å². The van der Waals surface area contributed by atoms with E-state index in [1.165, 1.54) is 37.7 Å². The SMILES string of the molecule is CCCCCCCCNC(=O)/C=C/C1=C(Cl)c2ccccc2CC1. The number of hydrogen-bond donors (Lipinski definition) is 1. The quantitative estimate of drug-likeness (QED) is 0.457. The average molecular weight is 346 g/mol. The molecule has 0 unspecified atom stereocenters. The van der Waals surface area contributed by atoms with Gasteiger partial charge in [0.05, 0.1) is 5.03 Å². The van der Waals surface area contributed by atoms with Crippen LogP contribution in [0.1, 0.15) is 63.0 Å². The highest BCUT2D eigenvalue weighted by molar-refractivity contribution is 6.49. The Morgan fingerprint density at radius 2 is 1.88 bits per heavy atom. The molecule has 3 heteroatoms. The Hall–Kier alpha value is -1.54. The summed E-state index contributed by atoms with van der Waals surface area (Å²) in [5.41, 5.74) is 3.43. The highest BCUT2D eigenvalue weighted by Gasteiger charge is 2.15. The lowest BCUT2D eigenvalue weighted by Gasteiger charge is -2.17. The maximum atomic E-state index is 11.9. The van der Waals surface area contributed by atoms with Gasteiger partial charge in [-0.3, -0.25) is 4.79 Å². The van der Waals surface area contributed by atoms with Crippen LogP contribution in [0.5, 0.6) is 0 Å². The number of benzene rings is 1. The Balaban J connectivity index is 1.76. The van der Waals surface area contributed by atoms with E-state index in [1.807, 2.05) is 24.3 Å². The van der Waals surface area contributed by atoms with Gasteiger partial charge in [0.25, 0.3) is 0 Å². The van der Waals surface area contributed by atoms with E-state index in [1.54, 1.807) is 6.08 Å². The van der Waals surface area contributed by atoms with Gasteiger partial charge in [-0.15, -0.1) is 0 Å². The van der Waals surface area contributed by atoms with E-state index in [2.05, 4.69) is 18.3 Å². The number of carbonyl (C=O) groups is 1. The van der Waals surface area contributed by atoms with Crippen molar-refractivity contribution >= 4 is 22.5 Å². The summed E-state index contributed by atoms with van der Waals surface area (Å²) in [5.74, 6) is -0.0283. The van der Waals surface area contributed by atoms with Gasteiger partial charge >= 0.3 is 0 Å². The van der Waals surface area contributed by atoms with Crippen LogP contribution in [0.25, 0.3) is 5.03 Å². The first-order valence-corrected chi connectivity index (χ1v) is 9.53. The number of rotatable bonds is 9. The van der Waals surface area contributed by atoms with Crippen molar-refractivity contribution in [3.8, 4) is 0 Å². The van der Waals surface area contributed by atoms with Gasteiger partial charge in [0.1, 0.15) is 0 Å². The lowest BCUT2D eigenvalue weighted by Crippen LogP contribution is -2.22. The molecule has 1 N–H and O–H groups in total. The number of nitrogens with one attached hydrogen (secondary N) is 1. The highest BCUT2D eigenvalue weighted by Crippen LogP contribution is 2.34. The second kappa shape index (κ2) is 10.4. The first-order chi connectivity index (χ1) is 11.7. The van der Waals surface area contributed by atoms with Crippen molar-refractivity contribution in [2.75, 3.05) is 6.54 Å². The fourth-order valence-corrected chi connectivity index (χ4v) is 3.35. The smallest absolute Gasteiger partial charge is 0.243 e. The van der Waals surface area contributed by atoms with E-state index in [9.17, 15) is 4.79 Å². The van der Waals surface area contributed by atoms with Gasteiger partial charge in [-0.25, -0.2) is 0 Å². The Morgan fingerprint density at radius 1 is 1.12 bits per heavy atom. The largest absolute Gasteiger partial charge is 0.353 e. The second-order valence-corrected chi connectivity index (χ2v) is 6.77. The molecule has 0 atom stereocenters. The highest BCUT2D eigenvalue weighted by atomic mass is 35.5. The van der Waals surface area contributed by atoms with Crippen LogP contribution < -0.4 is 5.32 Å². The van der Waals surface area contributed by atoms with E-state index in [-0.39, 0.29) is 5.91 Å². The molecule has 0 fully saturated rings. The minimum absolute atomic E-state index is 0.0283. The minimum atomic E-state index is -0.0283. The number of amides is 1. The number of fused-ring (bicyclic) bond motifs is 1. The third-order valence-electron chi connectivity index (χ3n) is 4.46. The minimum Gasteiger partial charge on any atom is -0.353 e. The zero-order valence-corrected chi connectivity index (χ0v) is 15.4. The van der Waals surface area contributed by atoms with Crippen molar-refractivity contribution < 1.29 is 4.79 Å². The molecule has 0 spiro atoms. The summed E-state index contributed by atoms with van der Waals surface area (Å²) in [6, 6.07) is 8.20. The van der Waals surface area contributed by atoms with Gasteiger partial charge in [0.15, 0.2) is 0 Å². The lowest BCUT2D eigenvalue weighted by molar-refractivity contribution is -0.116. The molecule has 0 saturated carbocycles. The van der Waals surface area contributed by atoms with Crippen molar-refractivity contribution in [2.45, 2.75) is 58.3 Å². The summed E-state index contributed by atoms with van der Waals surface area (Å²) in [4.78, 5) is 11.9. The molecule has 24 heavy (non-hydrogen) atoms. The average Bonchev–Trinajstić information content (AvgIpc) is 2.60. The molecule has 0 heterocycles. The number of aryl methyl sites for hydroxylation is 1. The van der Waals surface area contributed by atoms with Gasteiger partial charge in [0.2, 0.25) is 5.91 Å². The van der Waals surface area contributed by atoms with Crippen LogP contribution in [0.3, 0.4) is 0 Å². The fourth-order valence-electron chi connectivity index (χ4n) is 3.01. The fraction of sp³-hybridized carbons (Fsp3) is 0.476. The molecule has 0 aliphatic heterocycles. The Kier molecular flexibility index (Phi) is 8.11. The van der Waals surface area contributed by atoms with Gasteiger partial charge in [-0.05, 0) is 36.0 Å². The van der Waals surface area contributed by atoms with Crippen molar-refractivity contribution in [3.63, 3.8) is 0 Å². The molecule has 2 rings (SSSR count). The number of halogens is 1. The van der Waals surface area contributed by atoms with Gasteiger partial charge in [-0.1, -0.05) is 81.0 Å². The molecule has 1 aliphatic rings. The third kappa shape index (κ3) is 5.83. The number of unbranched alkanes of at least 4 members (excludes halogenated alkanes) is 5. The van der Waals surface area contributed by atoms with Crippen LogP contribution in [0.15, 0.2) is 42.0 Å². The van der Waals surface area contributed by atoms with Crippen LogP contribution >= 0.6 is 11.6 Å². The molecule has 0 saturated heterocycles. The molecular weight excluding hydrogens is 318 g/mol. The maximum Gasteiger partial charge on any atom is 0.243 e. The molecule has 0 radical (unpaired) electrons. The Bertz CT molecular complexity index is 604.